The summed E-state index contributed by atoms with van der Waals surface area (Å²) < 4.78 is 18.2. The molecule has 3 rings (SSSR count). The predicted octanol–water partition coefficient (Wildman–Crippen LogP) is 4.38. The summed E-state index contributed by atoms with van der Waals surface area (Å²) in [5.41, 5.74) is 8.43. The Kier molecular flexibility index (Phi) is 3.16. The SMILES string of the molecule is Nc1onc(-c2ccccc2)c1-c1ccc(F)cc1Cl. The van der Waals surface area contributed by atoms with Gasteiger partial charge in [0, 0.05) is 11.1 Å². The minimum absolute atomic E-state index is 0.150. The van der Waals surface area contributed by atoms with E-state index in [2.05, 4.69) is 5.16 Å². The molecular formula is C15H10ClFN2O. The van der Waals surface area contributed by atoms with Crippen LogP contribution in [0.25, 0.3) is 22.4 Å². The van der Waals surface area contributed by atoms with Crippen LogP contribution in [0.15, 0.2) is 53.1 Å². The Morgan fingerprint density at radius 1 is 1.10 bits per heavy atom. The molecule has 0 aliphatic rings. The standard InChI is InChI=1S/C15H10ClFN2O/c16-12-8-10(17)6-7-11(12)13-14(19-20-15(13)18)9-4-2-1-3-5-9/h1-8H,18H2. The molecule has 0 saturated heterocycles. The lowest BCUT2D eigenvalue weighted by atomic mass is 10.0. The summed E-state index contributed by atoms with van der Waals surface area (Å²) in [5, 5.41) is 4.23. The van der Waals surface area contributed by atoms with Crippen molar-refractivity contribution in [3.05, 3.63) is 59.4 Å². The molecule has 0 spiro atoms. The molecule has 2 aromatic carbocycles. The highest BCUT2D eigenvalue weighted by molar-refractivity contribution is 6.33. The Balaban J connectivity index is 2.22. The molecule has 0 fully saturated rings. The fourth-order valence-electron chi connectivity index (χ4n) is 2.05. The number of nitrogens with zero attached hydrogens (tertiary/aromatic N) is 1. The van der Waals surface area contributed by atoms with Crippen LogP contribution in [0, 0.1) is 5.82 Å². The molecule has 0 saturated carbocycles. The average Bonchev–Trinajstić information content (AvgIpc) is 2.82. The van der Waals surface area contributed by atoms with E-state index < -0.39 is 5.82 Å². The summed E-state index contributed by atoms with van der Waals surface area (Å²) in [7, 11) is 0. The van der Waals surface area contributed by atoms with Crippen molar-refractivity contribution in [1.29, 1.82) is 0 Å². The summed E-state index contributed by atoms with van der Waals surface area (Å²) in [6, 6.07) is 13.6. The van der Waals surface area contributed by atoms with Gasteiger partial charge in [0.05, 0.1) is 10.6 Å². The van der Waals surface area contributed by atoms with Gasteiger partial charge < -0.3 is 10.3 Å². The van der Waals surface area contributed by atoms with Crippen LogP contribution in [-0.2, 0) is 0 Å². The summed E-state index contributed by atoms with van der Waals surface area (Å²) in [5.74, 6) is -0.257. The number of benzene rings is 2. The Bertz CT molecular complexity index is 756. The van der Waals surface area contributed by atoms with Gasteiger partial charge in [-0.2, -0.15) is 0 Å². The fraction of sp³-hybridized carbons (Fsp3) is 0. The molecule has 0 radical (unpaired) electrons. The molecule has 0 amide bonds. The molecule has 20 heavy (non-hydrogen) atoms. The molecule has 0 atom stereocenters. The minimum atomic E-state index is -0.407. The predicted molar refractivity (Wildman–Crippen MR) is 76.8 cm³/mol. The van der Waals surface area contributed by atoms with Crippen LogP contribution >= 0.6 is 11.6 Å². The van der Waals surface area contributed by atoms with Gasteiger partial charge in [-0.05, 0) is 18.2 Å². The normalized spacial score (nSPS) is 10.7. The van der Waals surface area contributed by atoms with Crippen molar-refractivity contribution in [3.63, 3.8) is 0 Å². The van der Waals surface area contributed by atoms with Gasteiger partial charge in [0.25, 0.3) is 0 Å². The average molecular weight is 289 g/mol. The van der Waals surface area contributed by atoms with Gasteiger partial charge in [-0.3, -0.25) is 0 Å². The van der Waals surface area contributed by atoms with E-state index in [0.29, 0.717) is 16.8 Å². The Morgan fingerprint density at radius 3 is 2.55 bits per heavy atom. The number of hydrogen-bond acceptors (Lipinski definition) is 3. The first-order chi connectivity index (χ1) is 9.66. The Hall–Kier alpha value is -2.33. The maximum absolute atomic E-state index is 13.2. The van der Waals surface area contributed by atoms with Gasteiger partial charge >= 0.3 is 0 Å². The molecule has 1 aromatic heterocycles. The van der Waals surface area contributed by atoms with Crippen molar-refractivity contribution in [2.45, 2.75) is 0 Å². The van der Waals surface area contributed by atoms with Crippen LogP contribution < -0.4 is 5.73 Å². The van der Waals surface area contributed by atoms with Gasteiger partial charge in [0.1, 0.15) is 11.5 Å². The van der Waals surface area contributed by atoms with Crippen LogP contribution in [0.4, 0.5) is 10.3 Å². The monoisotopic (exact) mass is 288 g/mol. The zero-order valence-electron chi connectivity index (χ0n) is 10.3. The van der Waals surface area contributed by atoms with Crippen LogP contribution in [0.1, 0.15) is 0 Å². The number of nitrogen functional groups attached to an aromatic ring is 1. The number of hydrogen-bond donors (Lipinski definition) is 1. The van der Waals surface area contributed by atoms with E-state index in [0.717, 1.165) is 5.56 Å². The molecule has 2 N–H and O–H groups in total. The van der Waals surface area contributed by atoms with Crippen molar-refractivity contribution in [2.24, 2.45) is 0 Å². The van der Waals surface area contributed by atoms with E-state index in [9.17, 15) is 4.39 Å². The zero-order valence-corrected chi connectivity index (χ0v) is 11.1. The molecule has 0 bridgehead atoms. The maximum atomic E-state index is 13.2. The summed E-state index contributed by atoms with van der Waals surface area (Å²) in [6.07, 6.45) is 0. The molecule has 0 aliphatic carbocycles. The summed E-state index contributed by atoms with van der Waals surface area (Å²) in [6.45, 7) is 0. The van der Waals surface area contributed by atoms with Gasteiger partial charge in [-0.1, -0.05) is 47.1 Å². The van der Waals surface area contributed by atoms with E-state index in [-0.39, 0.29) is 10.9 Å². The maximum Gasteiger partial charge on any atom is 0.230 e. The lowest BCUT2D eigenvalue weighted by Gasteiger charge is -2.05. The van der Waals surface area contributed by atoms with Crippen molar-refractivity contribution in [1.82, 2.24) is 5.16 Å². The number of rotatable bonds is 2. The number of anilines is 1. The number of nitrogens with two attached hydrogens (primary N) is 1. The zero-order chi connectivity index (χ0) is 14.1. The van der Waals surface area contributed by atoms with Gasteiger partial charge in [0.15, 0.2) is 0 Å². The van der Waals surface area contributed by atoms with Crippen LogP contribution in [-0.4, -0.2) is 5.16 Å². The second-order valence-electron chi connectivity index (χ2n) is 4.26. The quantitative estimate of drug-likeness (QED) is 0.761. The van der Waals surface area contributed by atoms with Crippen LogP contribution in [0.5, 0.6) is 0 Å². The first kappa shape index (κ1) is 12.7. The minimum Gasteiger partial charge on any atom is -0.367 e. The Labute approximate surface area is 119 Å². The topological polar surface area (TPSA) is 52.0 Å². The smallest absolute Gasteiger partial charge is 0.230 e. The molecule has 0 aliphatic heterocycles. The largest absolute Gasteiger partial charge is 0.367 e. The molecule has 3 aromatic rings. The lowest BCUT2D eigenvalue weighted by Crippen LogP contribution is -1.89. The van der Waals surface area contributed by atoms with E-state index in [1.165, 1.54) is 12.1 Å². The Morgan fingerprint density at radius 2 is 1.85 bits per heavy atom. The third-order valence-electron chi connectivity index (χ3n) is 2.97. The highest BCUT2D eigenvalue weighted by Crippen LogP contribution is 2.39. The first-order valence-corrected chi connectivity index (χ1v) is 6.30. The lowest BCUT2D eigenvalue weighted by molar-refractivity contribution is 0.439. The third kappa shape index (κ3) is 2.14. The van der Waals surface area contributed by atoms with Crippen LogP contribution in [0.3, 0.4) is 0 Å². The van der Waals surface area contributed by atoms with Crippen molar-refractivity contribution >= 4 is 17.5 Å². The van der Waals surface area contributed by atoms with E-state index in [1.807, 2.05) is 30.3 Å². The molecule has 100 valence electrons. The first-order valence-electron chi connectivity index (χ1n) is 5.93. The molecular weight excluding hydrogens is 279 g/mol. The summed E-state index contributed by atoms with van der Waals surface area (Å²) >= 11 is 6.09. The number of halogens is 2. The molecule has 3 nitrogen and oxygen atoms in total. The van der Waals surface area contributed by atoms with E-state index >= 15 is 0 Å². The molecule has 0 unspecified atom stereocenters. The second kappa shape index (κ2) is 4.98. The molecule has 1 heterocycles. The highest BCUT2D eigenvalue weighted by Gasteiger charge is 2.19. The highest BCUT2D eigenvalue weighted by atomic mass is 35.5. The summed E-state index contributed by atoms with van der Waals surface area (Å²) in [4.78, 5) is 0. The van der Waals surface area contributed by atoms with E-state index in [4.69, 9.17) is 21.9 Å². The molecule has 5 heteroatoms. The third-order valence-corrected chi connectivity index (χ3v) is 3.28. The van der Waals surface area contributed by atoms with Gasteiger partial charge in [-0.15, -0.1) is 0 Å². The van der Waals surface area contributed by atoms with Crippen molar-refractivity contribution < 1.29 is 8.91 Å². The second-order valence-corrected chi connectivity index (χ2v) is 4.67. The van der Waals surface area contributed by atoms with Crippen molar-refractivity contribution in [3.8, 4) is 22.4 Å². The van der Waals surface area contributed by atoms with Gasteiger partial charge in [0.2, 0.25) is 5.88 Å². The number of aromatic nitrogens is 1. The van der Waals surface area contributed by atoms with E-state index in [1.54, 1.807) is 6.07 Å². The van der Waals surface area contributed by atoms with Crippen molar-refractivity contribution in [2.75, 3.05) is 5.73 Å². The fourth-order valence-corrected chi connectivity index (χ4v) is 2.31. The van der Waals surface area contributed by atoms with Gasteiger partial charge in [-0.25, -0.2) is 4.39 Å². The van der Waals surface area contributed by atoms with Crippen LogP contribution in [0.2, 0.25) is 5.02 Å².